The van der Waals surface area contributed by atoms with Crippen molar-refractivity contribution in [2.24, 2.45) is 59.2 Å². The van der Waals surface area contributed by atoms with Crippen LogP contribution in [0.25, 0.3) is 0 Å². The number of fused-ring (bicyclic) bond motifs is 1. The van der Waals surface area contributed by atoms with E-state index in [1.54, 1.807) is 27.7 Å². The van der Waals surface area contributed by atoms with Gasteiger partial charge in [0, 0.05) is 53.0 Å². The molecule has 12 aliphatic carbocycles. The van der Waals surface area contributed by atoms with Crippen LogP contribution < -0.4 is 0 Å². The predicted octanol–water partition coefficient (Wildman–Crippen LogP) is 12.5. The molecule has 7 atom stereocenters. The van der Waals surface area contributed by atoms with Gasteiger partial charge in [-0.2, -0.15) is 0 Å². The van der Waals surface area contributed by atoms with E-state index < -0.39 is 47.4 Å². The van der Waals surface area contributed by atoms with E-state index in [4.69, 9.17) is 33.2 Å². The van der Waals surface area contributed by atoms with Crippen molar-refractivity contribution in [2.75, 3.05) is 6.61 Å². The highest BCUT2D eigenvalue weighted by Gasteiger charge is 2.65. The van der Waals surface area contributed by atoms with Gasteiger partial charge in [0.1, 0.15) is 34.6 Å². The van der Waals surface area contributed by atoms with E-state index in [0.29, 0.717) is 71.1 Å². The monoisotopic (exact) mass is 1200 g/mol. The van der Waals surface area contributed by atoms with Gasteiger partial charge < -0.3 is 43.4 Å². The lowest BCUT2D eigenvalue weighted by Gasteiger charge is -2.62. The molecule has 0 amide bonds. The first-order valence-corrected chi connectivity index (χ1v) is 32.4. The maximum Gasteiger partial charge on any atom is 0.344 e. The van der Waals surface area contributed by atoms with Crippen LogP contribution in [0.3, 0.4) is 0 Å². The number of hydrogen-bond acceptors (Lipinski definition) is 16. The average molecular weight is 1200 g/mol. The molecule has 12 saturated carbocycles. The summed E-state index contributed by atoms with van der Waals surface area (Å²) in [6, 6.07) is 0. The van der Waals surface area contributed by atoms with Crippen molar-refractivity contribution in [2.45, 2.75) is 269 Å². The van der Waals surface area contributed by atoms with E-state index in [2.05, 4.69) is 67.5 Å². The first-order valence-electron chi connectivity index (χ1n) is 32.4. The Kier molecular flexibility index (Phi) is 21.7. The van der Waals surface area contributed by atoms with E-state index in [0.717, 1.165) is 88.9 Å². The van der Waals surface area contributed by atoms with Gasteiger partial charge in [0.05, 0.1) is 17.1 Å². The largest absolute Gasteiger partial charge is 0.458 e. The second-order valence-electron chi connectivity index (χ2n) is 29.4. The number of hydrogen-bond donors (Lipinski definition) is 2. The molecule has 0 aromatic heterocycles. The van der Waals surface area contributed by atoms with Gasteiger partial charge in [0.15, 0.2) is 6.61 Å². The molecule has 0 spiro atoms. The average Bonchev–Trinajstić information content (AvgIpc) is 0.957. The summed E-state index contributed by atoms with van der Waals surface area (Å²) in [7, 11) is 0. The minimum atomic E-state index is -0.858. The van der Waals surface area contributed by atoms with Crippen LogP contribution in [0.2, 0.25) is 0 Å². The number of carbonyl (C=O) groups is 7. The smallest absolute Gasteiger partial charge is 0.344 e. The van der Waals surface area contributed by atoms with Crippen molar-refractivity contribution in [3.63, 3.8) is 0 Å². The molecule has 16 heteroatoms. The molecule has 0 radical (unpaired) electrons. The molecule has 0 aromatic rings. The van der Waals surface area contributed by atoms with Gasteiger partial charge in [-0.3, -0.25) is 4.79 Å². The Morgan fingerprint density at radius 3 is 1.50 bits per heavy atom. The van der Waals surface area contributed by atoms with Gasteiger partial charge in [-0.15, -0.1) is 0 Å². The van der Waals surface area contributed by atoms with Gasteiger partial charge in [-0.05, 0) is 217 Å². The Morgan fingerprint density at radius 2 is 1.02 bits per heavy atom. The first kappa shape index (κ1) is 68.4. The Bertz CT molecular complexity index is 2560. The SMILES string of the molecule is C=C(C)C(=O)OC1(C(C)C)C2CC3CC(C2)CC1C3.C=C(C)C(=O)OC1(C(C)C)CCCC1.C=C(C)C(=O)OC1(CC)CCCC1.C=C(C)C(=O)OC12CC3CC(O)(CC(O)(C3)C1)C2.C=C(C)C(=O)OCC(=O)OC1C2CC3CC(C2)C(=O)OC1C3. The Balaban J connectivity index is 0.000000156. The van der Waals surface area contributed by atoms with Gasteiger partial charge in [0.2, 0.25) is 0 Å². The van der Waals surface area contributed by atoms with Crippen LogP contribution in [0.5, 0.6) is 0 Å². The molecule has 16 nitrogen and oxygen atoms in total. The van der Waals surface area contributed by atoms with E-state index >= 15 is 0 Å². The molecule has 86 heavy (non-hydrogen) atoms. The molecule has 2 saturated heterocycles. The van der Waals surface area contributed by atoms with Crippen molar-refractivity contribution < 1.29 is 76.9 Å². The Hall–Kier alpha value is -5.09. The number of rotatable bonds is 15. The van der Waals surface area contributed by atoms with Gasteiger partial charge >= 0.3 is 41.8 Å². The van der Waals surface area contributed by atoms with E-state index in [-0.39, 0.29) is 70.1 Å². The number of carbonyl (C=O) groups excluding carboxylic acids is 7. The molecule has 14 aliphatic rings. The van der Waals surface area contributed by atoms with Crippen molar-refractivity contribution in [1.82, 2.24) is 0 Å². The zero-order valence-electron chi connectivity index (χ0n) is 53.8. The summed E-state index contributed by atoms with van der Waals surface area (Å²) in [4.78, 5) is 81.8. The summed E-state index contributed by atoms with van der Waals surface area (Å²) >= 11 is 0. The second-order valence-corrected chi connectivity index (χ2v) is 29.4. The zero-order chi connectivity index (χ0) is 63.5. The van der Waals surface area contributed by atoms with Crippen molar-refractivity contribution in [3.8, 4) is 0 Å². The van der Waals surface area contributed by atoms with Gasteiger partial charge in [-0.1, -0.05) is 67.5 Å². The molecular formula is C70H104O16. The molecule has 7 unspecified atom stereocenters. The van der Waals surface area contributed by atoms with Crippen LogP contribution in [0.15, 0.2) is 60.8 Å². The summed E-state index contributed by atoms with van der Waals surface area (Å²) in [5.74, 6) is 2.18. The van der Waals surface area contributed by atoms with Crippen molar-refractivity contribution in [1.29, 1.82) is 0 Å². The summed E-state index contributed by atoms with van der Waals surface area (Å²) < 4.78 is 38.5. The topological polar surface area (TPSA) is 225 Å². The lowest BCUT2D eigenvalue weighted by molar-refractivity contribution is -0.260. The van der Waals surface area contributed by atoms with Crippen LogP contribution in [0.4, 0.5) is 0 Å². The van der Waals surface area contributed by atoms with Gasteiger partial charge in [-0.25, -0.2) is 28.8 Å². The van der Waals surface area contributed by atoms with Crippen LogP contribution in [0, 0.1) is 59.2 Å². The quantitative estimate of drug-likeness (QED) is 0.0883. The third kappa shape index (κ3) is 15.8. The number of ether oxygens (including phenoxy) is 7. The molecule has 0 aromatic carbocycles. The highest BCUT2D eigenvalue weighted by molar-refractivity contribution is 5.89. The Labute approximate surface area is 512 Å². The van der Waals surface area contributed by atoms with E-state index in [1.807, 2.05) is 0 Å². The van der Waals surface area contributed by atoms with Gasteiger partial charge in [0.25, 0.3) is 0 Å². The van der Waals surface area contributed by atoms with Crippen LogP contribution >= 0.6 is 0 Å². The molecule has 480 valence electrons. The second kappa shape index (κ2) is 27.3. The molecule has 2 N–H and O–H groups in total. The number of esters is 7. The van der Waals surface area contributed by atoms with Crippen LogP contribution in [0.1, 0.15) is 223 Å². The first-order chi connectivity index (χ1) is 40.2. The zero-order valence-corrected chi connectivity index (χ0v) is 53.8. The lowest BCUT2D eigenvalue weighted by atomic mass is 9.47. The summed E-state index contributed by atoms with van der Waals surface area (Å²) in [5, 5.41) is 21.0. The maximum absolute atomic E-state index is 12.1. The Morgan fingerprint density at radius 1 is 0.547 bits per heavy atom. The molecule has 14 rings (SSSR count). The van der Waals surface area contributed by atoms with Crippen molar-refractivity contribution >= 4 is 41.8 Å². The minimum absolute atomic E-state index is 0.0568. The van der Waals surface area contributed by atoms with Crippen LogP contribution in [-0.4, -0.2) is 104 Å². The van der Waals surface area contributed by atoms with E-state index in [9.17, 15) is 43.8 Å². The molecular weight excluding hydrogens is 1100 g/mol. The molecule has 14 fully saturated rings. The highest BCUT2D eigenvalue weighted by atomic mass is 16.6. The molecule has 2 aliphatic heterocycles. The fourth-order valence-electron chi connectivity index (χ4n) is 17.8. The molecule has 12 bridgehead atoms. The molecule has 2 heterocycles. The predicted molar refractivity (Wildman–Crippen MR) is 324 cm³/mol. The van der Waals surface area contributed by atoms with E-state index in [1.165, 1.54) is 64.7 Å². The third-order valence-electron chi connectivity index (χ3n) is 21.3. The summed E-state index contributed by atoms with van der Waals surface area (Å²) in [6.45, 7) is 36.6. The minimum Gasteiger partial charge on any atom is -0.458 e. The third-order valence-corrected chi connectivity index (χ3v) is 21.3. The van der Waals surface area contributed by atoms with Crippen molar-refractivity contribution in [3.05, 3.63) is 60.8 Å². The summed E-state index contributed by atoms with van der Waals surface area (Å²) in [5.41, 5.74) is -0.856. The summed E-state index contributed by atoms with van der Waals surface area (Å²) in [6.07, 6.45) is 22.3. The lowest BCUT2D eigenvalue weighted by Crippen LogP contribution is -2.66. The fourth-order valence-corrected chi connectivity index (χ4v) is 17.8. The standard InChI is InChI=1S/C17H26O2.C16H20O6.C14H20O4.C12H20O2.C11H18O2/c1-10(2)16(18)19-17(11(3)4)14-6-12-5-13(8-14)9-15(17)7-12;1-8(2)15(18)20-7-13(17)22-14-10-3-9-4-11(6-10)16(19)21-12(14)5-9;1-9(2)11(15)18-14-5-10-3-12(16,7-14)6-13(17,4-10)8-14;1-9(2)11(13)14-12(10(3)4)7-5-6-8-12;1-4-11(7-5-6-8-11)13-10(12)9(2)3/h11-15H,1,5-9H2,2-4H3;9-12,14H,1,3-7H2,2H3;10,16-17H,1,3-8H2,2H3;10H,1,5-8H2,2-4H3;2,4-8H2,1,3H3. The fraction of sp³-hybridized carbons (Fsp3) is 0.757. The normalized spacial score (nSPS) is 35.2. The maximum atomic E-state index is 12.1. The van der Waals surface area contributed by atoms with Crippen LogP contribution in [-0.2, 0) is 66.7 Å². The number of aliphatic hydroxyl groups is 2. The highest BCUT2D eigenvalue weighted by Crippen LogP contribution is 2.63.